The van der Waals surface area contributed by atoms with Crippen LogP contribution in [0.3, 0.4) is 0 Å². The van der Waals surface area contributed by atoms with Crippen molar-refractivity contribution < 1.29 is 0 Å². The van der Waals surface area contributed by atoms with Crippen LogP contribution in [0, 0.1) is 13.8 Å². The van der Waals surface area contributed by atoms with Crippen LogP contribution in [0.4, 0.5) is 5.82 Å². The SMILES string of the molecule is Cc1cnc(-c2nc3c(c(NN)n2)CCCC3)c(C)c1. The Bertz CT molecular complexity index is 634. The molecule has 2 aromatic rings. The molecule has 0 saturated carbocycles. The van der Waals surface area contributed by atoms with Gasteiger partial charge < -0.3 is 5.43 Å². The fraction of sp³-hybridized carbons (Fsp3) is 0.400. The minimum Gasteiger partial charge on any atom is -0.308 e. The molecular weight excluding hydrogens is 250 g/mol. The standard InChI is InChI=1S/C15H19N5/c1-9-7-10(2)13(17-8-9)15-18-12-6-4-3-5-11(12)14(19-15)20-16/h7-8H,3-6,16H2,1-2H3,(H,18,19,20). The molecule has 0 unspecified atom stereocenters. The van der Waals surface area contributed by atoms with Gasteiger partial charge in [-0.05, 0) is 50.7 Å². The third kappa shape index (κ3) is 2.25. The second kappa shape index (κ2) is 5.17. The molecule has 2 heterocycles. The molecule has 104 valence electrons. The first-order valence-electron chi connectivity index (χ1n) is 6.99. The number of nitrogen functional groups attached to an aromatic ring is 1. The molecule has 3 N–H and O–H groups in total. The fourth-order valence-electron chi connectivity index (χ4n) is 2.77. The Kier molecular flexibility index (Phi) is 3.36. The van der Waals surface area contributed by atoms with Gasteiger partial charge in [-0.25, -0.2) is 15.8 Å². The number of aryl methyl sites for hydroxylation is 3. The van der Waals surface area contributed by atoms with Crippen LogP contribution in [0.15, 0.2) is 12.3 Å². The third-order valence-corrected chi connectivity index (χ3v) is 3.75. The number of nitrogens with zero attached hydrogens (tertiary/aromatic N) is 3. The number of hydrogen-bond donors (Lipinski definition) is 2. The number of rotatable bonds is 2. The first kappa shape index (κ1) is 13.0. The first-order chi connectivity index (χ1) is 9.69. The van der Waals surface area contributed by atoms with Crippen molar-refractivity contribution in [3.63, 3.8) is 0 Å². The van der Waals surface area contributed by atoms with Gasteiger partial charge in [-0.3, -0.25) is 4.98 Å². The molecule has 0 radical (unpaired) electrons. The lowest BCUT2D eigenvalue weighted by atomic mass is 9.96. The van der Waals surface area contributed by atoms with Crippen molar-refractivity contribution in [1.29, 1.82) is 0 Å². The van der Waals surface area contributed by atoms with Crippen molar-refractivity contribution in [2.24, 2.45) is 5.84 Å². The van der Waals surface area contributed by atoms with Gasteiger partial charge in [0.25, 0.3) is 0 Å². The van der Waals surface area contributed by atoms with Gasteiger partial charge in [0.15, 0.2) is 5.82 Å². The minimum atomic E-state index is 0.663. The fourth-order valence-corrected chi connectivity index (χ4v) is 2.77. The van der Waals surface area contributed by atoms with Crippen LogP contribution in [0.1, 0.15) is 35.2 Å². The molecule has 0 spiro atoms. The smallest absolute Gasteiger partial charge is 0.180 e. The Morgan fingerprint density at radius 2 is 1.95 bits per heavy atom. The molecule has 3 rings (SSSR count). The van der Waals surface area contributed by atoms with E-state index in [1.165, 1.54) is 12.8 Å². The monoisotopic (exact) mass is 269 g/mol. The summed E-state index contributed by atoms with van der Waals surface area (Å²) in [6.45, 7) is 4.07. The van der Waals surface area contributed by atoms with Crippen molar-refractivity contribution in [3.05, 3.63) is 34.6 Å². The average molecular weight is 269 g/mol. The van der Waals surface area contributed by atoms with Crippen LogP contribution in [0.2, 0.25) is 0 Å². The highest BCUT2D eigenvalue weighted by Crippen LogP contribution is 2.28. The molecule has 0 saturated heterocycles. The number of nitrogens with one attached hydrogen (secondary N) is 1. The highest BCUT2D eigenvalue weighted by atomic mass is 15.3. The third-order valence-electron chi connectivity index (χ3n) is 3.75. The van der Waals surface area contributed by atoms with E-state index < -0.39 is 0 Å². The zero-order valence-electron chi connectivity index (χ0n) is 11.9. The predicted octanol–water partition coefficient (Wildman–Crippen LogP) is 2.32. The number of nitrogens with two attached hydrogens (primary N) is 1. The molecule has 1 aliphatic rings. The van der Waals surface area contributed by atoms with Gasteiger partial charge in [0.1, 0.15) is 11.5 Å². The number of fused-ring (bicyclic) bond motifs is 1. The molecule has 0 amide bonds. The predicted molar refractivity (Wildman–Crippen MR) is 79.2 cm³/mol. The van der Waals surface area contributed by atoms with Crippen LogP contribution in [-0.2, 0) is 12.8 Å². The van der Waals surface area contributed by atoms with E-state index in [0.29, 0.717) is 5.82 Å². The normalized spacial score (nSPS) is 13.9. The van der Waals surface area contributed by atoms with E-state index in [2.05, 4.69) is 21.5 Å². The number of hydrogen-bond acceptors (Lipinski definition) is 5. The molecule has 1 aliphatic carbocycles. The molecule has 2 aromatic heterocycles. The van der Waals surface area contributed by atoms with Crippen molar-refractivity contribution >= 4 is 5.82 Å². The van der Waals surface area contributed by atoms with E-state index in [1.807, 2.05) is 20.0 Å². The van der Waals surface area contributed by atoms with E-state index in [4.69, 9.17) is 10.8 Å². The highest BCUT2D eigenvalue weighted by Gasteiger charge is 2.19. The number of aromatic nitrogens is 3. The Morgan fingerprint density at radius 3 is 2.70 bits per heavy atom. The molecule has 20 heavy (non-hydrogen) atoms. The Morgan fingerprint density at radius 1 is 1.15 bits per heavy atom. The minimum absolute atomic E-state index is 0.663. The number of pyridine rings is 1. The van der Waals surface area contributed by atoms with Gasteiger partial charge in [0.2, 0.25) is 0 Å². The van der Waals surface area contributed by atoms with Gasteiger partial charge in [0.05, 0.1) is 0 Å². The number of hydrazine groups is 1. The van der Waals surface area contributed by atoms with Gasteiger partial charge in [-0.1, -0.05) is 6.07 Å². The summed E-state index contributed by atoms with van der Waals surface area (Å²) >= 11 is 0. The molecule has 0 bridgehead atoms. The lowest BCUT2D eigenvalue weighted by Gasteiger charge is -2.18. The molecular formula is C15H19N5. The van der Waals surface area contributed by atoms with E-state index in [0.717, 1.165) is 46.7 Å². The molecule has 5 nitrogen and oxygen atoms in total. The summed E-state index contributed by atoms with van der Waals surface area (Å²) in [7, 11) is 0. The molecule has 5 heteroatoms. The van der Waals surface area contributed by atoms with Gasteiger partial charge in [0, 0.05) is 17.5 Å². The summed E-state index contributed by atoms with van der Waals surface area (Å²) < 4.78 is 0. The van der Waals surface area contributed by atoms with Crippen molar-refractivity contribution in [1.82, 2.24) is 15.0 Å². The lowest BCUT2D eigenvalue weighted by molar-refractivity contribution is 0.664. The Hall–Kier alpha value is -2.01. The first-order valence-corrected chi connectivity index (χ1v) is 6.99. The van der Waals surface area contributed by atoms with Gasteiger partial charge in [-0.15, -0.1) is 0 Å². The summed E-state index contributed by atoms with van der Waals surface area (Å²) in [6.07, 6.45) is 6.18. The van der Waals surface area contributed by atoms with Crippen LogP contribution >= 0.6 is 0 Å². The maximum atomic E-state index is 5.62. The molecule has 0 aliphatic heterocycles. The average Bonchev–Trinajstić information content (AvgIpc) is 2.46. The van der Waals surface area contributed by atoms with E-state index in [-0.39, 0.29) is 0 Å². The molecule has 0 fully saturated rings. The maximum Gasteiger partial charge on any atom is 0.180 e. The Labute approximate surface area is 118 Å². The summed E-state index contributed by atoms with van der Waals surface area (Å²) in [5.74, 6) is 7.03. The quantitative estimate of drug-likeness (QED) is 0.646. The molecule has 0 atom stereocenters. The van der Waals surface area contributed by atoms with Crippen molar-refractivity contribution in [2.45, 2.75) is 39.5 Å². The lowest BCUT2D eigenvalue weighted by Crippen LogP contribution is -2.17. The topological polar surface area (TPSA) is 76.7 Å². The van der Waals surface area contributed by atoms with Gasteiger partial charge in [-0.2, -0.15) is 0 Å². The maximum absolute atomic E-state index is 5.62. The summed E-state index contributed by atoms with van der Waals surface area (Å²) in [4.78, 5) is 13.7. The summed E-state index contributed by atoms with van der Waals surface area (Å²) in [5.41, 5.74) is 8.04. The highest BCUT2D eigenvalue weighted by molar-refractivity contribution is 5.60. The van der Waals surface area contributed by atoms with E-state index in [9.17, 15) is 0 Å². The van der Waals surface area contributed by atoms with E-state index >= 15 is 0 Å². The van der Waals surface area contributed by atoms with Crippen LogP contribution < -0.4 is 11.3 Å². The van der Waals surface area contributed by atoms with E-state index in [1.54, 1.807) is 0 Å². The van der Waals surface area contributed by atoms with Crippen LogP contribution in [0.5, 0.6) is 0 Å². The zero-order chi connectivity index (χ0) is 14.1. The summed E-state index contributed by atoms with van der Waals surface area (Å²) in [6, 6.07) is 2.10. The second-order valence-corrected chi connectivity index (χ2v) is 5.35. The Balaban J connectivity index is 2.14. The van der Waals surface area contributed by atoms with Crippen molar-refractivity contribution in [3.8, 4) is 11.5 Å². The summed E-state index contributed by atoms with van der Waals surface area (Å²) in [5, 5.41) is 0. The van der Waals surface area contributed by atoms with Gasteiger partial charge >= 0.3 is 0 Å². The van der Waals surface area contributed by atoms with Crippen LogP contribution in [0.25, 0.3) is 11.5 Å². The van der Waals surface area contributed by atoms with Crippen molar-refractivity contribution in [2.75, 3.05) is 5.43 Å². The largest absolute Gasteiger partial charge is 0.308 e. The molecule has 0 aromatic carbocycles. The number of anilines is 1. The van der Waals surface area contributed by atoms with Crippen LogP contribution in [-0.4, -0.2) is 15.0 Å². The second-order valence-electron chi connectivity index (χ2n) is 5.35. The zero-order valence-corrected chi connectivity index (χ0v) is 11.9.